The van der Waals surface area contributed by atoms with Crippen molar-refractivity contribution in [1.29, 1.82) is 0 Å². The SMILES string of the molecule is CCCCC[PH](CCC)(CCC)CCC. The molecule has 0 aliphatic carbocycles. The van der Waals surface area contributed by atoms with Crippen LogP contribution < -0.4 is 0 Å². The van der Waals surface area contributed by atoms with Gasteiger partial charge in [0.05, 0.1) is 0 Å². The fraction of sp³-hybridized carbons (Fsp3) is 1.00. The molecule has 0 radical (unpaired) electrons. The summed E-state index contributed by atoms with van der Waals surface area (Å²) in [5.41, 5.74) is 0. The molecule has 0 rings (SSSR count). The van der Waals surface area contributed by atoms with Gasteiger partial charge in [-0.25, -0.2) is 0 Å². The van der Waals surface area contributed by atoms with Gasteiger partial charge in [0.15, 0.2) is 0 Å². The summed E-state index contributed by atoms with van der Waals surface area (Å²) in [5.74, 6) is 0. The normalized spacial score (nSPS) is 13.1. The minimum atomic E-state index is -0.833. The summed E-state index contributed by atoms with van der Waals surface area (Å²) in [4.78, 5) is 0. The van der Waals surface area contributed by atoms with Crippen LogP contribution in [0, 0.1) is 0 Å². The van der Waals surface area contributed by atoms with E-state index >= 15 is 0 Å². The first kappa shape index (κ1) is 15.4. The molecule has 0 aliphatic heterocycles. The molecule has 1 heteroatoms. The monoisotopic (exact) mass is 232 g/mol. The summed E-state index contributed by atoms with van der Waals surface area (Å²) in [5, 5.41) is 0. The zero-order chi connectivity index (χ0) is 11.6. The third-order valence-corrected chi connectivity index (χ3v) is 9.75. The van der Waals surface area contributed by atoms with Crippen LogP contribution in [0.2, 0.25) is 0 Å². The average Bonchev–Trinajstić information content (AvgIpc) is 2.19. The van der Waals surface area contributed by atoms with Crippen molar-refractivity contribution < 1.29 is 0 Å². The van der Waals surface area contributed by atoms with Gasteiger partial charge >= 0.3 is 98.1 Å². The van der Waals surface area contributed by atoms with E-state index in [1.54, 1.807) is 24.6 Å². The molecule has 0 amide bonds. The third kappa shape index (κ3) is 6.56. The summed E-state index contributed by atoms with van der Waals surface area (Å²) >= 11 is 0. The van der Waals surface area contributed by atoms with Crippen molar-refractivity contribution >= 4 is 7.26 Å². The summed E-state index contributed by atoms with van der Waals surface area (Å²) in [6.07, 6.45) is 15.1. The predicted molar refractivity (Wildman–Crippen MR) is 78.2 cm³/mol. The molecule has 0 aromatic carbocycles. The Bertz CT molecular complexity index is 114. The molecule has 0 aliphatic rings. The molecule has 0 nitrogen and oxygen atoms in total. The Morgan fingerprint density at radius 2 is 1.00 bits per heavy atom. The van der Waals surface area contributed by atoms with Gasteiger partial charge in [0.25, 0.3) is 0 Å². The Balaban J connectivity index is 4.18. The van der Waals surface area contributed by atoms with Crippen molar-refractivity contribution in [3.63, 3.8) is 0 Å². The molecular formula is C14H33P. The van der Waals surface area contributed by atoms with Crippen molar-refractivity contribution in [2.45, 2.75) is 66.2 Å². The number of rotatable bonds is 10. The molecule has 0 saturated heterocycles. The second-order valence-electron chi connectivity index (χ2n) is 5.21. The maximum absolute atomic E-state index is 2.38. The van der Waals surface area contributed by atoms with E-state index in [0.717, 1.165) is 0 Å². The van der Waals surface area contributed by atoms with E-state index < -0.39 is 7.26 Å². The maximum atomic E-state index is 2.38. The molecule has 0 heterocycles. The average molecular weight is 232 g/mol. The van der Waals surface area contributed by atoms with Gasteiger partial charge in [0.2, 0.25) is 0 Å². The molecular weight excluding hydrogens is 199 g/mol. The predicted octanol–water partition coefficient (Wildman–Crippen LogP) is 5.16. The van der Waals surface area contributed by atoms with Crippen LogP contribution in [0.3, 0.4) is 0 Å². The Morgan fingerprint density at radius 1 is 0.533 bits per heavy atom. The molecule has 0 saturated carbocycles. The van der Waals surface area contributed by atoms with Crippen LogP contribution in [0.5, 0.6) is 0 Å². The third-order valence-electron chi connectivity index (χ3n) is 3.65. The van der Waals surface area contributed by atoms with Crippen molar-refractivity contribution in [3.05, 3.63) is 0 Å². The summed E-state index contributed by atoms with van der Waals surface area (Å²) in [6, 6.07) is 0. The standard InChI is InChI=1S/C14H33P/c1-5-9-10-14-15(11-6-2,12-7-3)13-8-4/h15H,5-14H2,1-4H3. The van der Waals surface area contributed by atoms with Crippen molar-refractivity contribution in [2.24, 2.45) is 0 Å². The van der Waals surface area contributed by atoms with Gasteiger partial charge in [-0.1, -0.05) is 0 Å². The molecule has 15 heavy (non-hydrogen) atoms. The van der Waals surface area contributed by atoms with Crippen molar-refractivity contribution in [3.8, 4) is 0 Å². The van der Waals surface area contributed by atoms with Crippen LogP contribution in [0.25, 0.3) is 0 Å². The Kier molecular flexibility index (Phi) is 9.92. The summed E-state index contributed by atoms with van der Waals surface area (Å²) in [6.45, 7) is 9.47. The number of unbranched alkanes of at least 4 members (excludes halogenated alkanes) is 2. The molecule has 0 aromatic rings. The molecule has 0 N–H and O–H groups in total. The van der Waals surface area contributed by atoms with Gasteiger partial charge in [-0.3, -0.25) is 0 Å². The van der Waals surface area contributed by atoms with E-state index in [0.29, 0.717) is 0 Å². The van der Waals surface area contributed by atoms with Crippen molar-refractivity contribution in [1.82, 2.24) is 0 Å². The summed E-state index contributed by atoms with van der Waals surface area (Å²) < 4.78 is 0. The fourth-order valence-corrected chi connectivity index (χ4v) is 8.77. The first-order valence-electron chi connectivity index (χ1n) is 7.24. The van der Waals surface area contributed by atoms with Crippen LogP contribution in [0.1, 0.15) is 66.2 Å². The minimum absolute atomic E-state index is 0.833. The van der Waals surface area contributed by atoms with Gasteiger partial charge < -0.3 is 0 Å². The van der Waals surface area contributed by atoms with E-state index in [-0.39, 0.29) is 0 Å². The first-order chi connectivity index (χ1) is 7.24. The van der Waals surface area contributed by atoms with E-state index in [4.69, 9.17) is 0 Å². The second kappa shape index (κ2) is 9.64. The molecule has 94 valence electrons. The number of hydrogen-bond acceptors (Lipinski definition) is 0. The zero-order valence-electron chi connectivity index (χ0n) is 11.6. The van der Waals surface area contributed by atoms with E-state index in [1.165, 1.54) is 38.5 Å². The molecule has 0 atom stereocenters. The van der Waals surface area contributed by atoms with Crippen molar-refractivity contribution in [2.75, 3.05) is 24.6 Å². The van der Waals surface area contributed by atoms with Gasteiger partial charge in [0.1, 0.15) is 0 Å². The molecule has 0 fully saturated rings. The van der Waals surface area contributed by atoms with Crippen LogP contribution in [0.4, 0.5) is 0 Å². The van der Waals surface area contributed by atoms with Crippen LogP contribution >= 0.6 is 7.26 Å². The zero-order valence-corrected chi connectivity index (χ0v) is 12.6. The van der Waals surface area contributed by atoms with E-state index in [1.807, 2.05) is 0 Å². The first-order valence-corrected chi connectivity index (χ1v) is 10.1. The van der Waals surface area contributed by atoms with Crippen LogP contribution in [-0.2, 0) is 0 Å². The Labute approximate surface area is 98.6 Å². The molecule has 0 bridgehead atoms. The van der Waals surface area contributed by atoms with E-state index in [2.05, 4.69) is 27.7 Å². The van der Waals surface area contributed by atoms with Gasteiger partial charge in [0, 0.05) is 0 Å². The topological polar surface area (TPSA) is 0 Å². The van der Waals surface area contributed by atoms with Gasteiger partial charge in [-0.15, -0.1) is 0 Å². The molecule has 0 unspecified atom stereocenters. The molecule has 0 aromatic heterocycles. The van der Waals surface area contributed by atoms with Crippen LogP contribution in [0.15, 0.2) is 0 Å². The molecule has 0 spiro atoms. The number of hydrogen-bond donors (Lipinski definition) is 0. The van der Waals surface area contributed by atoms with E-state index in [9.17, 15) is 0 Å². The summed E-state index contributed by atoms with van der Waals surface area (Å²) in [7, 11) is -0.833. The van der Waals surface area contributed by atoms with Crippen LogP contribution in [-0.4, -0.2) is 24.6 Å². The van der Waals surface area contributed by atoms with Gasteiger partial charge in [-0.2, -0.15) is 0 Å². The Morgan fingerprint density at radius 3 is 1.33 bits per heavy atom. The quantitative estimate of drug-likeness (QED) is 0.360. The second-order valence-corrected chi connectivity index (χ2v) is 10.2. The fourth-order valence-electron chi connectivity index (χ4n) is 3.09. The van der Waals surface area contributed by atoms with Gasteiger partial charge in [-0.05, 0) is 0 Å². The Hall–Kier alpha value is 0.430.